The average molecular weight is 330 g/mol. The van der Waals surface area contributed by atoms with E-state index in [1.54, 1.807) is 25.1 Å². The average Bonchev–Trinajstić information content (AvgIpc) is 2.17. The molecule has 0 aliphatic heterocycles. The number of hydrogen-bond acceptors (Lipinski definition) is 3. The Labute approximate surface area is 110 Å². The molecule has 0 aromatic heterocycles. The third kappa shape index (κ3) is 4.39. The maximum Gasteiger partial charge on any atom is 0.240 e. The highest BCUT2D eigenvalue weighted by molar-refractivity contribution is 9.10. The minimum absolute atomic E-state index is 0. The fourth-order valence-corrected chi connectivity index (χ4v) is 2.87. The SMILES string of the molecule is C[C@H](CN)NS(=O)(=O)c1cccc(Br)c1.Cl. The van der Waals surface area contributed by atoms with E-state index in [0.717, 1.165) is 4.47 Å². The van der Waals surface area contributed by atoms with Gasteiger partial charge in [0.2, 0.25) is 10.0 Å². The summed E-state index contributed by atoms with van der Waals surface area (Å²) in [5.74, 6) is 0. The van der Waals surface area contributed by atoms with Gasteiger partial charge in [-0.3, -0.25) is 0 Å². The molecule has 0 aliphatic rings. The molecule has 3 N–H and O–H groups in total. The zero-order valence-corrected chi connectivity index (χ0v) is 11.9. The van der Waals surface area contributed by atoms with Gasteiger partial charge in [0.05, 0.1) is 4.90 Å². The van der Waals surface area contributed by atoms with Crippen molar-refractivity contribution in [2.75, 3.05) is 6.54 Å². The second-order valence-electron chi connectivity index (χ2n) is 3.22. The van der Waals surface area contributed by atoms with E-state index in [4.69, 9.17) is 5.73 Å². The van der Waals surface area contributed by atoms with E-state index in [0.29, 0.717) is 0 Å². The fraction of sp³-hybridized carbons (Fsp3) is 0.333. The molecule has 1 rings (SSSR count). The zero-order valence-electron chi connectivity index (χ0n) is 8.68. The van der Waals surface area contributed by atoms with Gasteiger partial charge in [-0.05, 0) is 25.1 Å². The van der Waals surface area contributed by atoms with Crippen LogP contribution in [-0.4, -0.2) is 21.0 Å². The van der Waals surface area contributed by atoms with Gasteiger partial charge in [-0.2, -0.15) is 0 Å². The van der Waals surface area contributed by atoms with E-state index >= 15 is 0 Å². The van der Waals surface area contributed by atoms with Crippen LogP contribution in [0.5, 0.6) is 0 Å². The molecule has 7 heteroatoms. The van der Waals surface area contributed by atoms with Crippen molar-refractivity contribution in [3.63, 3.8) is 0 Å². The van der Waals surface area contributed by atoms with Crippen LogP contribution in [0.15, 0.2) is 33.6 Å². The lowest BCUT2D eigenvalue weighted by Crippen LogP contribution is -2.37. The lowest BCUT2D eigenvalue weighted by atomic mass is 10.4. The summed E-state index contributed by atoms with van der Waals surface area (Å²) in [6, 6.07) is 6.26. The Bertz CT molecular complexity index is 439. The molecule has 0 fully saturated rings. The quantitative estimate of drug-likeness (QED) is 0.879. The van der Waals surface area contributed by atoms with Gasteiger partial charge in [-0.1, -0.05) is 22.0 Å². The number of nitrogens with one attached hydrogen (secondary N) is 1. The number of rotatable bonds is 4. The summed E-state index contributed by atoms with van der Waals surface area (Å²) in [6.07, 6.45) is 0. The van der Waals surface area contributed by atoms with Crippen molar-refractivity contribution in [2.24, 2.45) is 5.73 Å². The van der Waals surface area contributed by atoms with E-state index in [2.05, 4.69) is 20.7 Å². The highest BCUT2D eigenvalue weighted by Crippen LogP contribution is 2.15. The topological polar surface area (TPSA) is 72.2 Å². The number of benzene rings is 1. The summed E-state index contributed by atoms with van der Waals surface area (Å²) >= 11 is 3.22. The summed E-state index contributed by atoms with van der Waals surface area (Å²) in [5.41, 5.74) is 5.35. The van der Waals surface area contributed by atoms with Gasteiger partial charge in [0.25, 0.3) is 0 Å². The molecule has 0 bridgehead atoms. The number of halogens is 2. The summed E-state index contributed by atoms with van der Waals surface area (Å²) in [7, 11) is -3.45. The third-order valence-electron chi connectivity index (χ3n) is 1.82. The van der Waals surface area contributed by atoms with E-state index in [1.807, 2.05) is 0 Å². The molecular weight excluding hydrogens is 316 g/mol. The summed E-state index contributed by atoms with van der Waals surface area (Å²) < 4.78 is 26.7. The van der Waals surface area contributed by atoms with Gasteiger partial charge in [0.15, 0.2) is 0 Å². The minimum atomic E-state index is -3.45. The van der Waals surface area contributed by atoms with Crippen LogP contribution in [-0.2, 0) is 10.0 Å². The van der Waals surface area contributed by atoms with Crippen LogP contribution < -0.4 is 10.5 Å². The number of hydrogen-bond donors (Lipinski definition) is 2. The van der Waals surface area contributed by atoms with Crippen molar-refractivity contribution in [1.29, 1.82) is 0 Å². The van der Waals surface area contributed by atoms with E-state index in [1.165, 1.54) is 6.07 Å². The predicted molar refractivity (Wildman–Crippen MR) is 70.2 cm³/mol. The van der Waals surface area contributed by atoms with Crippen LogP contribution in [0.3, 0.4) is 0 Å². The van der Waals surface area contributed by atoms with Crippen LogP contribution >= 0.6 is 28.3 Å². The Balaban J connectivity index is 0.00000225. The molecule has 1 atom stereocenters. The Morgan fingerprint density at radius 1 is 1.50 bits per heavy atom. The van der Waals surface area contributed by atoms with Gasteiger partial charge in [0, 0.05) is 17.1 Å². The number of sulfonamides is 1. The normalized spacial score (nSPS) is 12.9. The molecule has 0 radical (unpaired) electrons. The van der Waals surface area contributed by atoms with Gasteiger partial charge in [0.1, 0.15) is 0 Å². The second-order valence-corrected chi connectivity index (χ2v) is 5.85. The molecule has 0 amide bonds. The van der Waals surface area contributed by atoms with Gasteiger partial charge < -0.3 is 5.73 Å². The predicted octanol–water partition coefficient (Wildman–Crippen LogP) is 1.50. The molecule has 0 saturated heterocycles. The largest absolute Gasteiger partial charge is 0.329 e. The molecule has 0 unspecified atom stereocenters. The van der Waals surface area contributed by atoms with Crippen molar-refractivity contribution in [2.45, 2.75) is 17.9 Å². The maximum atomic E-state index is 11.8. The van der Waals surface area contributed by atoms with E-state index in [-0.39, 0.29) is 29.9 Å². The first kappa shape index (κ1) is 15.9. The first-order chi connectivity index (χ1) is 6.95. The molecule has 92 valence electrons. The molecule has 1 aromatic carbocycles. The van der Waals surface area contributed by atoms with Crippen molar-refractivity contribution in [3.05, 3.63) is 28.7 Å². The lowest BCUT2D eigenvalue weighted by molar-refractivity contribution is 0.562. The van der Waals surface area contributed by atoms with Gasteiger partial charge in [-0.25, -0.2) is 13.1 Å². The maximum absolute atomic E-state index is 11.8. The first-order valence-electron chi connectivity index (χ1n) is 4.43. The molecular formula is C9H14BrClN2O2S. The standard InChI is InChI=1S/C9H13BrN2O2S.ClH/c1-7(6-11)12-15(13,14)9-4-2-3-8(10)5-9;/h2-5,7,12H,6,11H2,1H3;1H/t7-;/m1./s1. The van der Waals surface area contributed by atoms with E-state index in [9.17, 15) is 8.42 Å². The Kier molecular flexibility index (Phi) is 6.50. The molecule has 0 spiro atoms. The van der Waals surface area contributed by atoms with E-state index < -0.39 is 10.0 Å². The highest BCUT2D eigenvalue weighted by Gasteiger charge is 2.16. The zero-order chi connectivity index (χ0) is 11.5. The smallest absolute Gasteiger partial charge is 0.240 e. The highest BCUT2D eigenvalue weighted by atomic mass is 79.9. The van der Waals surface area contributed by atoms with Crippen LogP contribution in [0, 0.1) is 0 Å². The van der Waals surface area contributed by atoms with Crippen LogP contribution in [0.25, 0.3) is 0 Å². The van der Waals surface area contributed by atoms with Crippen LogP contribution in [0.4, 0.5) is 0 Å². The molecule has 4 nitrogen and oxygen atoms in total. The van der Waals surface area contributed by atoms with Crippen LogP contribution in [0.1, 0.15) is 6.92 Å². The number of nitrogens with two attached hydrogens (primary N) is 1. The first-order valence-corrected chi connectivity index (χ1v) is 6.71. The van der Waals surface area contributed by atoms with Crippen molar-refractivity contribution in [1.82, 2.24) is 4.72 Å². The minimum Gasteiger partial charge on any atom is -0.329 e. The Morgan fingerprint density at radius 3 is 2.62 bits per heavy atom. The molecule has 1 aromatic rings. The van der Waals surface area contributed by atoms with Crippen molar-refractivity contribution >= 4 is 38.4 Å². The summed E-state index contributed by atoms with van der Waals surface area (Å²) in [5, 5.41) is 0. The van der Waals surface area contributed by atoms with Gasteiger partial charge >= 0.3 is 0 Å². The second kappa shape index (κ2) is 6.56. The van der Waals surface area contributed by atoms with Crippen molar-refractivity contribution < 1.29 is 8.42 Å². The molecule has 0 aliphatic carbocycles. The Morgan fingerprint density at radius 2 is 2.12 bits per heavy atom. The lowest BCUT2D eigenvalue weighted by Gasteiger charge is -2.11. The summed E-state index contributed by atoms with van der Waals surface area (Å²) in [6.45, 7) is 1.99. The summed E-state index contributed by atoms with van der Waals surface area (Å²) in [4.78, 5) is 0.233. The third-order valence-corrected chi connectivity index (χ3v) is 3.90. The van der Waals surface area contributed by atoms with Crippen molar-refractivity contribution in [3.8, 4) is 0 Å². The van der Waals surface area contributed by atoms with Gasteiger partial charge in [-0.15, -0.1) is 12.4 Å². The molecule has 0 heterocycles. The molecule has 0 saturated carbocycles. The monoisotopic (exact) mass is 328 g/mol. The molecule has 16 heavy (non-hydrogen) atoms. The Hall–Kier alpha value is -0.140. The van der Waals surface area contributed by atoms with Crippen LogP contribution in [0.2, 0.25) is 0 Å². The fourth-order valence-electron chi connectivity index (χ4n) is 1.02.